The zero-order valence-corrected chi connectivity index (χ0v) is 16.9. The number of hydrogen-bond donors (Lipinski definition) is 0. The van der Waals surface area contributed by atoms with Gasteiger partial charge in [-0.15, -0.1) is 0 Å². The molecule has 0 spiro atoms. The zero-order valence-electron chi connectivity index (χ0n) is 16.0. The Bertz CT molecular complexity index is 1150. The predicted octanol–water partition coefficient (Wildman–Crippen LogP) is 1.14. The van der Waals surface area contributed by atoms with E-state index < -0.39 is 10.0 Å². The van der Waals surface area contributed by atoms with E-state index in [0.29, 0.717) is 38.2 Å². The number of sulfonamides is 1. The molecule has 0 N–H and O–H groups in total. The van der Waals surface area contributed by atoms with Crippen LogP contribution < -0.4 is 5.56 Å². The highest BCUT2D eigenvalue weighted by Gasteiger charge is 2.30. The predicted molar refractivity (Wildman–Crippen MR) is 106 cm³/mol. The van der Waals surface area contributed by atoms with Gasteiger partial charge in [0.25, 0.3) is 5.56 Å². The zero-order chi connectivity index (χ0) is 20.4. The summed E-state index contributed by atoms with van der Waals surface area (Å²) in [5.74, 6) is 0.188. The second-order valence-electron chi connectivity index (χ2n) is 7.17. The third kappa shape index (κ3) is 4.13. The van der Waals surface area contributed by atoms with E-state index in [4.69, 9.17) is 0 Å². The molecular formula is C19H22N6O3S. The van der Waals surface area contributed by atoms with Gasteiger partial charge in [-0.3, -0.25) is 14.5 Å². The molecule has 1 aliphatic rings. The van der Waals surface area contributed by atoms with Crippen LogP contribution in [0.1, 0.15) is 12.8 Å². The van der Waals surface area contributed by atoms with E-state index in [2.05, 4.69) is 15.2 Å². The van der Waals surface area contributed by atoms with Gasteiger partial charge in [0.05, 0.1) is 11.9 Å². The van der Waals surface area contributed by atoms with Crippen LogP contribution >= 0.6 is 0 Å². The first kappa shape index (κ1) is 19.5. The minimum absolute atomic E-state index is 0.159. The van der Waals surface area contributed by atoms with Crippen molar-refractivity contribution < 1.29 is 8.42 Å². The van der Waals surface area contributed by atoms with Crippen molar-refractivity contribution in [2.75, 3.05) is 13.1 Å². The van der Waals surface area contributed by atoms with E-state index in [1.54, 1.807) is 25.5 Å². The van der Waals surface area contributed by atoms with Crippen LogP contribution in [0.15, 0.2) is 58.7 Å². The molecule has 0 aliphatic carbocycles. The molecule has 3 aromatic heterocycles. The van der Waals surface area contributed by atoms with Crippen LogP contribution in [0.3, 0.4) is 0 Å². The molecule has 0 aromatic carbocycles. The lowest BCUT2D eigenvalue weighted by Gasteiger charge is -2.30. The SMILES string of the molecule is Cn1cc(S(=O)(=O)N2CCC(Cn3nc(-c4ccncc4)ccc3=O)CC2)cn1. The maximum atomic E-state index is 12.7. The van der Waals surface area contributed by atoms with Gasteiger partial charge in [-0.1, -0.05) is 0 Å². The molecule has 0 bridgehead atoms. The van der Waals surface area contributed by atoms with Crippen LogP contribution in [0.2, 0.25) is 0 Å². The van der Waals surface area contributed by atoms with Gasteiger partial charge in [0.15, 0.2) is 0 Å². The second kappa shape index (κ2) is 7.88. The molecule has 0 unspecified atom stereocenters. The van der Waals surface area contributed by atoms with Crippen LogP contribution in [0.25, 0.3) is 11.3 Å². The van der Waals surface area contributed by atoms with Gasteiger partial charge in [-0.05, 0) is 37.0 Å². The van der Waals surface area contributed by atoms with Crippen molar-refractivity contribution in [1.82, 2.24) is 28.9 Å². The van der Waals surface area contributed by atoms with Crippen molar-refractivity contribution in [1.29, 1.82) is 0 Å². The summed E-state index contributed by atoms with van der Waals surface area (Å²) in [7, 11) is -1.84. The summed E-state index contributed by atoms with van der Waals surface area (Å²) in [6.07, 6.45) is 7.60. The summed E-state index contributed by atoms with van der Waals surface area (Å²) < 4.78 is 29.9. The van der Waals surface area contributed by atoms with Gasteiger partial charge in [-0.2, -0.15) is 14.5 Å². The molecule has 0 amide bonds. The number of piperidine rings is 1. The Morgan fingerprint density at radius 3 is 2.48 bits per heavy atom. The standard InChI is InChI=1S/C19H22N6O3S/c1-23-14-17(12-21-23)29(27,28)24-10-6-15(7-11-24)13-25-19(26)3-2-18(22-25)16-4-8-20-9-5-16/h2-5,8-9,12,14-15H,6-7,10-11,13H2,1H3. The van der Waals surface area contributed by atoms with E-state index in [-0.39, 0.29) is 16.4 Å². The average Bonchev–Trinajstić information content (AvgIpc) is 3.18. The maximum Gasteiger partial charge on any atom is 0.266 e. The van der Waals surface area contributed by atoms with Crippen molar-refractivity contribution in [3.8, 4) is 11.3 Å². The van der Waals surface area contributed by atoms with Gasteiger partial charge in [0.2, 0.25) is 10.0 Å². The van der Waals surface area contributed by atoms with Gasteiger partial charge >= 0.3 is 0 Å². The van der Waals surface area contributed by atoms with Gasteiger partial charge in [0, 0.05) is 56.9 Å². The summed E-state index contributed by atoms with van der Waals surface area (Å²) >= 11 is 0. The molecule has 3 aromatic rings. The van der Waals surface area contributed by atoms with E-state index in [1.807, 2.05) is 12.1 Å². The lowest BCUT2D eigenvalue weighted by atomic mass is 9.98. The molecule has 10 heteroatoms. The molecule has 0 radical (unpaired) electrons. The molecular weight excluding hydrogens is 392 g/mol. The first-order valence-electron chi connectivity index (χ1n) is 9.41. The molecule has 0 saturated carbocycles. The Hall–Kier alpha value is -2.85. The number of rotatable bonds is 5. The van der Waals surface area contributed by atoms with Crippen LogP contribution in [0.5, 0.6) is 0 Å². The number of hydrogen-bond acceptors (Lipinski definition) is 6. The normalized spacial score (nSPS) is 16.2. The van der Waals surface area contributed by atoms with Gasteiger partial charge < -0.3 is 0 Å². The Morgan fingerprint density at radius 1 is 1.10 bits per heavy atom. The van der Waals surface area contributed by atoms with Crippen LogP contribution in [-0.4, -0.2) is 50.4 Å². The van der Waals surface area contributed by atoms with Gasteiger partial charge in [-0.25, -0.2) is 13.1 Å². The fraction of sp³-hybridized carbons (Fsp3) is 0.368. The lowest BCUT2D eigenvalue weighted by molar-refractivity contribution is 0.244. The number of nitrogens with zero attached hydrogens (tertiary/aromatic N) is 6. The third-order valence-electron chi connectivity index (χ3n) is 5.17. The minimum Gasteiger partial charge on any atom is -0.274 e. The molecule has 4 rings (SSSR count). The largest absolute Gasteiger partial charge is 0.274 e. The summed E-state index contributed by atoms with van der Waals surface area (Å²) in [5.41, 5.74) is 1.45. The summed E-state index contributed by atoms with van der Waals surface area (Å²) in [6.45, 7) is 1.31. The van der Waals surface area contributed by atoms with Crippen molar-refractivity contribution in [2.24, 2.45) is 13.0 Å². The molecule has 9 nitrogen and oxygen atoms in total. The highest BCUT2D eigenvalue weighted by Crippen LogP contribution is 2.24. The fourth-order valence-electron chi connectivity index (χ4n) is 3.51. The highest BCUT2D eigenvalue weighted by molar-refractivity contribution is 7.89. The van der Waals surface area contributed by atoms with E-state index in [9.17, 15) is 13.2 Å². The van der Waals surface area contributed by atoms with E-state index >= 15 is 0 Å². The number of aryl methyl sites for hydroxylation is 1. The van der Waals surface area contributed by atoms with E-state index in [1.165, 1.54) is 32.1 Å². The van der Waals surface area contributed by atoms with Crippen LogP contribution in [0.4, 0.5) is 0 Å². The molecule has 152 valence electrons. The van der Waals surface area contributed by atoms with Crippen molar-refractivity contribution in [3.63, 3.8) is 0 Å². The third-order valence-corrected chi connectivity index (χ3v) is 7.02. The average molecular weight is 414 g/mol. The quantitative estimate of drug-likeness (QED) is 0.620. The summed E-state index contributed by atoms with van der Waals surface area (Å²) in [5, 5.41) is 8.44. The second-order valence-corrected chi connectivity index (χ2v) is 9.11. The van der Waals surface area contributed by atoms with Crippen LogP contribution in [0, 0.1) is 5.92 Å². The molecule has 1 aliphatic heterocycles. The Balaban J connectivity index is 1.44. The smallest absolute Gasteiger partial charge is 0.266 e. The Labute approximate surface area is 168 Å². The monoisotopic (exact) mass is 414 g/mol. The van der Waals surface area contributed by atoms with Crippen LogP contribution in [-0.2, 0) is 23.6 Å². The first-order valence-corrected chi connectivity index (χ1v) is 10.8. The summed E-state index contributed by atoms with van der Waals surface area (Å²) in [4.78, 5) is 16.5. The maximum absolute atomic E-state index is 12.7. The molecule has 4 heterocycles. The van der Waals surface area contributed by atoms with E-state index in [0.717, 1.165) is 5.56 Å². The van der Waals surface area contributed by atoms with Gasteiger partial charge in [0.1, 0.15) is 4.90 Å². The Kier molecular flexibility index (Phi) is 5.29. The minimum atomic E-state index is -3.53. The Morgan fingerprint density at radius 2 is 1.83 bits per heavy atom. The first-order chi connectivity index (χ1) is 13.9. The van der Waals surface area contributed by atoms with Crippen molar-refractivity contribution in [2.45, 2.75) is 24.3 Å². The highest BCUT2D eigenvalue weighted by atomic mass is 32.2. The number of aromatic nitrogens is 5. The lowest BCUT2D eigenvalue weighted by Crippen LogP contribution is -2.40. The molecule has 1 fully saturated rings. The number of pyridine rings is 1. The summed E-state index contributed by atoms with van der Waals surface area (Å²) in [6, 6.07) is 6.92. The fourth-order valence-corrected chi connectivity index (χ4v) is 4.97. The molecule has 1 saturated heterocycles. The molecule has 29 heavy (non-hydrogen) atoms. The van der Waals surface area contributed by atoms with Crippen molar-refractivity contribution >= 4 is 10.0 Å². The van der Waals surface area contributed by atoms with Crippen molar-refractivity contribution in [3.05, 3.63) is 59.4 Å². The molecule has 0 atom stereocenters. The topological polar surface area (TPSA) is 103 Å².